The van der Waals surface area contributed by atoms with E-state index in [-0.39, 0.29) is 29.2 Å². The third-order valence-corrected chi connectivity index (χ3v) is 7.21. The lowest BCUT2D eigenvalue weighted by molar-refractivity contribution is -0.154. The highest BCUT2D eigenvalue weighted by Crippen LogP contribution is 2.51. The van der Waals surface area contributed by atoms with E-state index in [9.17, 15) is 13.6 Å². The number of halogens is 2. The number of urea groups is 1. The van der Waals surface area contributed by atoms with Crippen molar-refractivity contribution in [3.63, 3.8) is 0 Å². The Morgan fingerprint density at radius 1 is 1.29 bits per heavy atom. The fraction of sp³-hybridized carbons (Fsp3) is 0.385. The van der Waals surface area contributed by atoms with Crippen LogP contribution in [0.2, 0.25) is 0 Å². The maximum absolute atomic E-state index is 14.9. The molecule has 1 unspecified atom stereocenters. The molecule has 1 aliphatic rings. The highest BCUT2D eigenvalue weighted by molar-refractivity contribution is 8.15. The fourth-order valence-corrected chi connectivity index (χ4v) is 5.38. The number of nitriles is 1. The number of hydrogen-bond donors (Lipinski definition) is 1. The molecule has 0 saturated heterocycles. The molecular formula is C26H31F2N7O2S. The number of guanidine groups is 1. The number of thioether (sulfide) groups is 1. The Morgan fingerprint density at radius 3 is 2.63 bits per heavy atom. The zero-order valence-electron chi connectivity index (χ0n) is 21.8. The van der Waals surface area contributed by atoms with E-state index in [2.05, 4.69) is 10.1 Å². The van der Waals surface area contributed by atoms with Gasteiger partial charge in [0, 0.05) is 25.7 Å². The number of hydrazone groups is 1. The van der Waals surface area contributed by atoms with Crippen LogP contribution in [0.25, 0.3) is 0 Å². The van der Waals surface area contributed by atoms with Crippen LogP contribution < -0.4 is 5.73 Å². The zero-order chi connectivity index (χ0) is 27.9. The van der Waals surface area contributed by atoms with Gasteiger partial charge in [-0.2, -0.15) is 15.4 Å². The Hall–Kier alpha value is -3.69. The van der Waals surface area contributed by atoms with E-state index in [1.807, 2.05) is 30.3 Å². The Kier molecular flexibility index (Phi) is 9.66. The van der Waals surface area contributed by atoms with Crippen molar-refractivity contribution < 1.29 is 18.4 Å². The van der Waals surface area contributed by atoms with Crippen LogP contribution in [0.1, 0.15) is 44.7 Å². The number of carbonyl (C=O) groups excluding carboxylic acids is 1. The first-order chi connectivity index (χ1) is 18.1. The van der Waals surface area contributed by atoms with E-state index in [0.29, 0.717) is 19.4 Å². The molecule has 2 amide bonds. The van der Waals surface area contributed by atoms with Crippen molar-refractivity contribution in [2.45, 2.75) is 44.6 Å². The molecule has 0 spiro atoms. The van der Waals surface area contributed by atoms with Crippen LogP contribution in [0, 0.1) is 23.1 Å². The van der Waals surface area contributed by atoms with Gasteiger partial charge in [0.1, 0.15) is 21.5 Å². The molecule has 1 heterocycles. The molecule has 0 aromatic heterocycles. The number of nitrogens with two attached hydrogens (primary N) is 1. The second kappa shape index (κ2) is 12.7. The number of hydroxylamine groups is 2. The van der Waals surface area contributed by atoms with E-state index >= 15 is 0 Å². The predicted molar refractivity (Wildman–Crippen MR) is 144 cm³/mol. The summed E-state index contributed by atoms with van der Waals surface area (Å²) in [6.45, 7) is 6.04. The van der Waals surface area contributed by atoms with Gasteiger partial charge in [-0.15, -0.1) is 4.99 Å². The average molecular weight is 544 g/mol. The van der Waals surface area contributed by atoms with Gasteiger partial charge in [-0.25, -0.2) is 18.6 Å². The summed E-state index contributed by atoms with van der Waals surface area (Å²) in [5.74, 6) is -1.21. The molecule has 38 heavy (non-hydrogen) atoms. The minimum atomic E-state index is -1.11. The number of amides is 2. The lowest BCUT2D eigenvalue weighted by Crippen LogP contribution is -2.49. The van der Waals surface area contributed by atoms with Crippen molar-refractivity contribution >= 4 is 28.8 Å². The van der Waals surface area contributed by atoms with Crippen LogP contribution in [-0.2, 0) is 9.71 Å². The van der Waals surface area contributed by atoms with Gasteiger partial charge in [0.25, 0.3) is 0 Å². The summed E-state index contributed by atoms with van der Waals surface area (Å²) in [7, 11) is 1.70. The molecule has 1 aliphatic heterocycles. The predicted octanol–water partition coefficient (Wildman–Crippen LogP) is 4.82. The Labute approximate surface area is 225 Å². The number of benzene rings is 2. The van der Waals surface area contributed by atoms with E-state index in [4.69, 9.17) is 15.8 Å². The van der Waals surface area contributed by atoms with Gasteiger partial charge >= 0.3 is 6.03 Å². The van der Waals surface area contributed by atoms with Crippen LogP contribution in [0.3, 0.4) is 0 Å². The molecule has 0 bridgehead atoms. The molecule has 0 fully saturated rings. The summed E-state index contributed by atoms with van der Waals surface area (Å²) in [6, 6.07) is 11.9. The third-order valence-electron chi connectivity index (χ3n) is 5.77. The molecule has 9 nitrogen and oxygen atoms in total. The molecule has 3 rings (SSSR count). The second-order valence-electron chi connectivity index (χ2n) is 8.82. The summed E-state index contributed by atoms with van der Waals surface area (Å²) in [4.78, 5) is 23.7. The van der Waals surface area contributed by atoms with Crippen molar-refractivity contribution in [3.8, 4) is 6.19 Å². The monoisotopic (exact) mass is 543 g/mol. The fourth-order valence-electron chi connectivity index (χ4n) is 3.97. The summed E-state index contributed by atoms with van der Waals surface area (Å²) in [5, 5.41) is 16.0. The van der Waals surface area contributed by atoms with Crippen molar-refractivity contribution in [2.75, 3.05) is 20.1 Å². The Morgan fingerprint density at radius 2 is 2.00 bits per heavy atom. The van der Waals surface area contributed by atoms with E-state index in [1.165, 1.54) is 21.8 Å². The molecular weight excluding hydrogens is 512 g/mol. The number of aliphatic imine (C=N–C) groups is 1. The Balaban J connectivity index is 2.09. The van der Waals surface area contributed by atoms with Crippen LogP contribution >= 0.6 is 11.8 Å². The SMILES string of the molecule is CCN(OC(C)C)C(=O)N1N=C(c2cc(F)ccc2F)SC1(CCCN(C)C(N)=NC#N)c1ccccc1. The van der Waals surface area contributed by atoms with Crippen LogP contribution in [0.5, 0.6) is 0 Å². The van der Waals surface area contributed by atoms with Gasteiger partial charge < -0.3 is 10.6 Å². The van der Waals surface area contributed by atoms with E-state index in [1.54, 1.807) is 38.9 Å². The molecule has 12 heteroatoms. The van der Waals surface area contributed by atoms with Gasteiger partial charge in [-0.05, 0) is 57.4 Å². The number of hydrogen-bond acceptors (Lipinski definition) is 6. The minimum absolute atomic E-state index is 0.0408. The first-order valence-corrected chi connectivity index (χ1v) is 12.9. The Bertz CT molecular complexity index is 1240. The average Bonchev–Trinajstić information content (AvgIpc) is 3.29. The summed E-state index contributed by atoms with van der Waals surface area (Å²) >= 11 is 1.17. The van der Waals surface area contributed by atoms with Crippen LogP contribution in [0.4, 0.5) is 13.6 Å². The topological polar surface area (TPSA) is 111 Å². The molecule has 0 saturated carbocycles. The minimum Gasteiger partial charge on any atom is -0.369 e. The van der Waals surface area contributed by atoms with Gasteiger partial charge in [0.05, 0.1) is 6.10 Å². The number of carbonyl (C=O) groups is 1. The largest absolute Gasteiger partial charge is 0.369 e. The maximum atomic E-state index is 14.9. The highest BCUT2D eigenvalue weighted by atomic mass is 32.2. The van der Waals surface area contributed by atoms with Gasteiger partial charge in [0.15, 0.2) is 0 Å². The second-order valence-corrected chi connectivity index (χ2v) is 10.1. The first-order valence-electron chi connectivity index (χ1n) is 12.1. The maximum Gasteiger partial charge on any atom is 0.366 e. The number of rotatable bonds is 9. The van der Waals surface area contributed by atoms with Crippen molar-refractivity contribution in [3.05, 3.63) is 71.3 Å². The molecule has 0 radical (unpaired) electrons. The lowest BCUT2D eigenvalue weighted by atomic mass is 10.00. The van der Waals surface area contributed by atoms with Gasteiger partial charge in [-0.3, -0.25) is 4.84 Å². The molecule has 202 valence electrons. The standard InChI is InChI=1S/C26H31F2N7O2S/c1-5-34(37-18(2)3)25(36)35-26(19-10-7-6-8-11-19,14-9-15-33(4)24(30)31-17-29)38-23(32-35)21-16-20(27)12-13-22(21)28/h6-8,10-13,16,18H,5,9,14-15H2,1-4H3,(H2,30,31). The molecule has 2 aromatic rings. The van der Waals surface area contributed by atoms with Crippen LogP contribution in [-0.4, -0.2) is 58.2 Å². The van der Waals surface area contributed by atoms with E-state index in [0.717, 1.165) is 23.8 Å². The highest BCUT2D eigenvalue weighted by Gasteiger charge is 2.50. The quantitative estimate of drug-likeness (QED) is 0.210. The third kappa shape index (κ3) is 6.41. The molecule has 0 aliphatic carbocycles. The zero-order valence-corrected chi connectivity index (χ0v) is 22.6. The van der Waals surface area contributed by atoms with Crippen molar-refractivity contribution in [1.29, 1.82) is 5.26 Å². The van der Waals surface area contributed by atoms with E-state index < -0.39 is 22.5 Å². The van der Waals surface area contributed by atoms with Crippen molar-refractivity contribution in [1.82, 2.24) is 15.0 Å². The molecule has 2 N–H and O–H groups in total. The summed E-state index contributed by atoms with van der Waals surface area (Å²) < 4.78 is 29.0. The summed E-state index contributed by atoms with van der Waals surface area (Å²) in [6.07, 6.45) is 2.24. The smallest absolute Gasteiger partial charge is 0.366 e. The summed E-state index contributed by atoms with van der Waals surface area (Å²) in [5.41, 5.74) is 6.54. The van der Waals surface area contributed by atoms with Crippen molar-refractivity contribution in [2.24, 2.45) is 15.8 Å². The van der Waals surface area contributed by atoms with Gasteiger partial charge in [0.2, 0.25) is 12.2 Å². The molecule has 2 aromatic carbocycles. The normalized spacial score (nSPS) is 17.4. The van der Waals surface area contributed by atoms with Crippen LogP contribution in [0.15, 0.2) is 58.6 Å². The van der Waals surface area contributed by atoms with Gasteiger partial charge in [-0.1, -0.05) is 42.1 Å². The first kappa shape index (κ1) is 28.9. The number of nitrogens with zero attached hydrogens (tertiary/aromatic N) is 6. The molecule has 1 atom stereocenters. The lowest BCUT2D eigenvalue weighted by Gasteiger charge is -2.38.